The fourth-order valence-corrected chi connectivity index (χ4v) is 0.904. The molecule has 60 valence electrons. The zero-order chi connectivity index (χ0) is 8.81. The summed E-state index contributed by atoms with van der Waals surface area (Å²) in [5.41, 5.74) is 3.18. The van der Waals surface area contributed by atoms with Crippen LogP contribution in [0, 0.1) is 11.6 Å². The van der Waals surface area contributed by atoms with E-state index in [4.69, 9.17) is 0 Å². The Labute approximate surface area is 71.7 Å². The minimum atomic E-state index is -1.84. The van der Waals surface area contributed by atoms with Gasteiger partial charge in [-0.15, -0.1) is 4.52 Å². The molecule has 3 nitrogen and oxygen atoms in total. The van der Waals surface area contributed by atoms with E-state index in [1.165, 1.54) is 7.11 Å². The second-order valence-corrected chi connectivity index (χ2v) is 3.02. The van der Waals surface area contributed by atoms with Crippen molar-refractivity contribution in [2.45, 2.75) is 0 Å². The Bertz CT molecular complexity index is 326. The van der Waals surface area contributed by atoms with E-state index in [2.05, 4.69) is 21.1 Å². The third-order valence-corrected chi connectivity index (χ3v) is 1.74. The van der Waals surface area contributed by atoms with Gasteiger partial charge >= 0.3 is 8.03 Å². The molecule has 0 aliphatic carbocycles. The number of hydrogen-bond acceptors (Lipinski definition) is 3. The van der Waals surface area contributed by atoms with E-state index in [0.717, 1.165) is 5.56 Å². The van der Waals surface area contributed by atoms with Gasteiger partial charge in [-0.1, -0.05) is 0 Å². The minimum Gasteiger partial charge on any atom is -0.263 e. The fourth-order valence-electron chi connectivity index (χ4n) is 0.593. The molecule has 0 N–H and O–H groups in total. The fraction of sp³-hybridized carbons (Fsp3) is 0.125. The van der Waals surface area contributed by atoms with Crippen LogP contribution in [-0.2, 0) is 9.09 Å². The van der Waals surface area contributed by atoms with Gasteiger partial charge in [0.1, 0.15) is 0 Å². The van der Waals surface area contributed by atoms with Gasteiger partial charge in [-0.05, 0) is 22.6 Å². The summed E-state index contributed by atoms with van der Waals surface area (Å²) in [6.07, 6.45) is 3.26. The van der Waals surface area contributed by atoms with E-state index in [-0.39, 0.29) is 0 Å². The highest BCUT2D eigenvalue weighted by molar-refractivity contribution is 7.45. The van der Waals surface area contributed by atoms with Crippen LogP contribution in [0.2, 0.25) is 0 Å². The van der Waals surface area contributed by atoms with Crippen molar-refractivity contribution in [3.8, 4) is 11.6 Å². The normalized spacial score (nSPS) is 9.92. The van der Waals surface area contributed by atoms with E-state index < -0.39 is 8.03 Å². The molecule has 12 heavy (non-hydrogen) atoms. The molecule has 1 unspecified atom stereocenters. The summed E-state index contributed by atoms with van der Waals surface area (Å²) in [7, 11) is -0.483. The topological polar surface area (TPSA) is 39.2 Å². The Kier molecular flexibility index (Phi) is 3.40. The molecule has 0 bridgehead atoms. The quantitative estimate of drug-likeness (QED) is 0.488. The lowest BCUT2D eigenvalue weighted by Crippen LogP contribution is -1.73. The van der Waals surface area contributed by atoms with Gasteiger partial charge in [-0.25, -0.2) is 0 Å². The number of pyridine rings is 1. The van der Waals surface area contributed by atoms with Gasteiger partial charge in [0.2, 0.25) is 5.66 Å². The summed E-state index contributed by atoms with van der Waals surface area (Å²) in [5.74, 6) is 2.67. The molecular formula is C8H7NO2P+. The third-order valence-electron chi connectivity index (χ3n) is 1.12. The lowest BCUT2D eigenvalue weighted by Gasteiger charge is -1.81. The molecule has 1 aromatic rings. The predicted octanol–water partition coefficient (Wildman–Crippen LogP) is 1.78. The van der Waals surface area contributed by atoms with Crippen molar-refractivity contribution in [1.29, 1.82) is 0 Å². The standard InChI is InChI=1S/C8H7NO2P/c1-11-12(10)6-4-8-3-2-5-9-7-8/h2-3,5,7H,1H3/q+1. The molecular weight excluding hydrogens is 173 g/mol. The van der Waals surface area contributed by atoms with Crippen LogP contribution in [0.15, 0.2) is 24.5 Å². The number of rotatable bonds is 1. The lowest BCUT2D eigenvalue weighted by molar-refractivity contribution is 0.424. The van der Waals surface area contributed by atoms with Gasteiger partial charge in [0.25, 0.3) is 0 Å². The van der Waals surface area contributed by atoms with Crippen molar-refractivity contribution in [2.24, 2.45) is 0 Å². The van der Waals surface area contributed by atoms with Crippen molar-refractivity contribution in [3.05, 3.63) is 30.1 Å². The van der Waals surface area contributed by atoms with Crippen molar-refractivity contribution in [1.82, 2.24) is 4.98 Å². The van der Waals surface area contributed by atoms with Gasteiger partial charge in [-0.3, -0.25) is 4.98 Å². The Morgan fingerprint density at radius 2 is 2.50 bits per heavy atom. The summed E-state index contributed by atoms with van der Waals surface area (Å²) < 4.78 is 15.2. The van der Waals surface area contributed by atoms with Crippen LogP contribution in [0.4, 0.5) is 0 Å². The van der Waals surface area contributed by atoms with Crippen molar-refractivity contribution >= 4 is 8.03 Å². The van der Waals surface area contributed by atoms with Crippen LogP contribution >= 0.6 is 8.03 Å². The molecule has 0 amide bonds. The highest BCUT2D eigenvalue weighted by Gasteiger charge is 2.07. The first-order chi connectivity index (χ1) is 5.83. The average Bonchev–Trinajstić information content (AvgIpc) is 2.16. The maximum Gasteiger partial charge on any atom is 0.604 e. The maximum atomic E-state index is 10.7. The first-order valence-electron chi connectivity index (χ1n) is 3.26. The van der Waals surface area contributed by atoms with Gasteiger partial charge in [0, 0.05) is 18.0 Å². The molecule has 0 aromatic carbocycles. The highest BCUT2D eigenvalue weighted by Crippen LogP contribution is 2.16. The van der Waals surface area contributed by atoms with Crippen molar-refractivity contribution in [3.63, 3.8) is 0 Å². The number of aromatic nitrogens is 1. The number of nitrogens with zero attached hydrogens (tertiary/aromatic N) is 1. The van der Waals surface area contributed by atoms with E-state index in [1.807, 2.05) is 0 Å². The highest BCUT2D eigenvalue weighted by atomic mass is 31.1. The SMILES string of the molecule is CO[P+](=O)C#Cc1cccnc1. The summed E-state index contributed by atoms with van der Waals surface area (Å²) in [5, 5.41) is 0. The zero-order valence-corrected chi connectivity index (χ0v) is 7.41. The van der Waals surface area contributed by atoms with E-state index >= 15 is 0 Å². The maximum absolute atomic E-state index is 10.7. The molecule has 1 atom stereocenters. The van der Waals surface area contributed by atoms with Gasteiger partial charge < -0.3 is 0 Å². The van der Waals surface area contributed by atoms with E-state index in [1.54, 1.807) is 24.5 Å². The van der Waals surface area contributed by atoms with Crippen LogP contribution in [0.25, 0.3) is 0 Å². The third kappa shape index (κ3) is 2.79. The van der Waals surface area contributed by atoms with Crippen molar-refractivity contribution in [2.75, 3.05) is 7.11 Å². The van der Waals surface area contributed by atoms with Gasteiger partial charge in [-0.2, -0.15) is 0 Å². The Morgan fingerprint density at radius 1 is 1.67 bits per heavy atom. The first kappa shape index (κ1) is 8.86. The summed E-state index contributed by atoms with van der Waals surface area (Å²) in [6.45, 7) is 0. The predicted molar refractivity (Wildman–Crippen MR) is 45.7 cm³/mol. The molecule has 0 radical (unpaired) electrons. The molecule has 1 heterocycles. The molecule has 4 heteroatoms. The Morgan fingerprint density at radius 3 is 3.08 bits per heavy atom. The monoisotopic (exact) mass is 180 g/mol. The second-order valence-electron chi connectivity index (χ2n) is 1.92. The summed E-state index contributed by atoms with van der Waals surface area (Å²) in [6, 6.07) is 3.56. The van der Waals surface area contributed by atoms with Crippen LogP contribution in [-0.4, -0.2) is 12.1 Å². The molecule has 1 aromatic heterocycles. The second kappa shape index (κ2) is 4.61. The summed E-state index contributed by atoms with van der Waals surface area (Å²) in [4.78, 5) is 3.85. The average molecular weight is 180 g/mol. The van der Waals surface area contributed by atoms with Crippen LogP contribution in [0.5, 0.6) is 0 Å². The molecule has 0 fully saturated rings. The Hall–Kier alpha value is -1.23. The van der Waals surface area contributed by atoms with E-state index in [9.17, 15) is 4.57 Å². The van der Waals surface area contributed by atoms with Gasteiger partial charge in [0.15, 0.2) is 0 Å². The Balaban J connectivity index is 2.74. The molecule has 0 aliphatic rings. The first-order valence-corrected chi connectivity index (χ1v) is 4.43. The van der Waals surface area contributed by atoms with Crippen LogP contribution in [0.3, 0.4) is 0 Å². The minimum absolute atomic E-state index is 0.734. The molecule has 0 aliphatic heterocycles. The zero-order valence-electron chi connectivity index (χ0n) is 6.52. The largest absolute Gasteiger partial charge is 0.604 e. The van der Waals surface area contributed by atoms with Crippen molar-refractivity contribution < 1.29 is 9.09 Å². The molecule has 0 saturated carbocycles. The molecule has 1 rings (SSSR count). The van der Waals surface area contributed by atoms with Crippen LogP contribution < -0.4 is 0 Å². The molecule has 0 spiro atoms. The smallest absolute Gasteiger partial charge is 0.263 e. The lowest BCUT2D eigenvalue weighted by atomic mass is 10.3. The van der Waals surface area contributed by atoms with E-state index in [0.29, 0.717) is 0 Å². The van der Waals surface area contributed by atoms with Gasteiger partial charge in [0.05, 0.1) is 7.11 Å². The van der Waals surface area contributed by atoms with Crippen LogP contribution in [0.1, 0.15) is 5.56 Å². The summed E-state index contributed by atoms with van der Waals surface area (Å²) >= 11 is 0. The number of hydrogen-bond donors (Lipinski definition) is 0. The molecule has 0 saturated heterocycles.